The molecule has 1 aromatic heterocycles. The number of aromatic nitrogens is 3. The average Bonchev–Trinajstić information content (AvgIpc) is 3.27. The summed E-state index contributed by atoms with van der Waals surface area (Å²) in [5.74, 6) is 0.987. The highest BCUT2D eigenvalue weighted by molar-refractivity contribution is 8.00. The van der Waals surface area contributed by atoms with Crippen molar-refractivity contribution in [2.75, 3.05) is 6.54 Å². The lowest BCUT2D eigenvalue weighted by Crippen LogP contribution is -2.33. The zero-order chi connectivity index (χ0) is 22.3. The van der Waals surface area contributed by atoms with Crippen molar-refractivity contribution in [3.63, 3.8) is 0 Å². The first-order chi connectivity index (χ1) is 15.6. The standard InChI is InChI=1S/C26H26N4OS/c1-19(21-12-6-3-7-13-21)18-27-25(31)20(2)32-26-29-28-24(22-14-8-4-9-15-22)30(26)23-16-10-5-11-17-23/h3-17,19-20H,18H2,1-2H3,(H,27,31). The Labute approximate surface area is 192 Å². The summed E-state index contributed by atoms with van der Waals surface area (Å²) in [6, 6.07) is 30.2. The molecule has 2 unspecified atom stereocenters. The number of amides is 1. The highest BCUT2D eigenvalue weighted by atomic mass is 32.2. The second-order valence-electron chi connectivity index (χ2n) is 7.66. The van der Waals surface area contributed by atoms with Crippen LogP contribution >= 0.6 is 11.8 Å². The van der Waals surface area contributed by atoms with Crippen LogP contribution < -0.4 is 5.32 Å². The van der Waals surface area contributed by atoms with E-state index in [-0.39, 0.29) is 17.1 Å². The van der Waals surface area contributed by atoms with E-state index in [1.165, 1.54) is 17.3 Å². The molecule has 0 bridgehead atoms. The van der Waals surface area contributed by atoms with Gasteiger partial charge in [0.15, 0.2) is 11.0 Å². The minimum atomic E-state index is -0.312. The quantitative estimate of drug-likeness (QED) is 0.375. The zero-order valence-corrected chi connectivity index (χ0v) is 19.0. The number of hydrogen-bond acceptors (Lipinski definition) is 4. The van der Waals surface area contributed by atoms with Crippen molar-refractivity contribution in [2.24, 2.45) is 0 Å². The molecular formula is C26H26N4OS. The number of thioether (sulfide) groups is 1. The molecule has 0 aliphatic heterocycles. The molecule has 0 saturated carbocycles. The van der Waals surface area contributed by atoms with Crippen molar-refractivity contribution in [3.05, 3.63) is 96.6 Å². The molecule has 4 rings (SSSR count). The first-order valence-electron chi connectivity index (χ1n) is 10.7. The van der Waals surface area contributed by atoms with E-state index in [9.17, 15) is 4.79 Å². The maximum atomic E-state index is 12.8. The van der Waals surface area contributed by atoms with Gasteiger partial charge in [-0.25, -0.2) is 0 Å². The summed E-state index contributed by atoms with van der Waals surface area (Å²) in [6.07, 6.45) is 0. The minimum Gasteiger partial charge on any atom is -0.355 e. The molecule has 6 heteroatoms. The molecule has 0 radical (unpaired) electrons. The third-order valence-electron chi connectivity index (χ3n) is 5.28. The average molecular weight is 443 g/mol. The maximum Gasteiger partial charge on any atom is 0.233 e. The number of rotatable bonds is 8. The molecule has 5 nitrogen and oxygen atoms in total. The van der Waals surface area contributed by atoms with Crippen LogP contribution in [0.15, 0.2) is 96.2 Å². The fourth-order valence-corrected chi connectivity index (χ4v) is 4.33. The Bertz CT molecular complexity index is 1150. The molecular weight excluding hydrogens is 416 g/mol. The summed E-state index contributed by atoms with van der Waals surface area (Å²) in [5.41, 5.74) is 3.15. The Morgan fingerprint density at radius 2 is 1.47 bits per heavy atom. The van der Waals surface area contributed by atoms with Gasteiger partial charge in [-0.1, -0.05) is 97.5 Å². The lowest BCUT2D eigenvalue weighted by molar-refractivity contribution is -0.120. The summed E-state index contributed by atoms with van der Waals surface area (Å²) in [4.78, 5) is 12.8. The minimum absolute atomic E-state index is 0.0124. The fraction of sp³-hybridized carbons (Fsp3) is 0.192. The summed E-state index contributed by atoms with van der Waals surface area (Å²) in [6.45, 7) is 4.61. The number of carbonyl (C=O) groups excluding carboxylic acids is 1. The van der Waals surface area contributed by atoms with E-state index in [1.807, 2.05) is 90.4 Å². The SMILES string of the molecule is CC(Sc1nnc(-c2ccccc2)n1-c1ccccc1)C(=O)NCC(C)c1ccccc1. The summed E-state index contributed by atoms with van der Waals surface area (Å²) >= 11 is 1.41. The molecule has 0 saturated heterocycles. The smallest absolute Gasteiger partial charge is 0.233 e. The zero-order valence-electron chi connectivity index (χ0n) is 18.2. The van der Waals surface area contributed by atoms with Crippen LogP contribution in [-0.2, 0) is 4.79 Å². The van der Waals surface area contributed by atoms with Crippen molar-refractivity contribution in [1.29, 1.82) is 0 Å². The summed E-state index contributed by atoms with van der Waals surface area (Å²) in [5, 5.41) is 12.3. The van der Waals surface area contributed by atoms with Crippen LogP contribution in [0.5, 0.6) is 0 Å². The Hall–Kier alpha value is -3.38. The summed E-state index contributed by atoms with van der Waals surface area (Å²) < 4.78 is 2.01. The lowest BCUT2D eigenvalue weighted by Gasteiger charge is -2.16. The van der Waals surface area contributed by atoms with Crippen LogP contribution in [0, 0.1) is 0 Å². The largest absolute Gasteiger partial charge is 0.355 e. The molecule has 1 heterocycles. The van der Waals surface area contributed by atoms with E-state index in [1.54, 1.807) is 0 Å². The van der Waals surface area contributed by atoms with Crippen LogP contribution in [0.25, 0.3) is 17.1 Å². The van der Waals surface area contributed by atoms with Gasteiger partial charge in [-0.05, 0) is 30.5 Å². The molecule has 0 spiro atoms. The van der Waals surface area contributed by atoms with Gasteiger partial charge in [0.25, 0.3) is 0 Å². The highest BCUT2D eigenvalue weighted by Crippen LogP contribution is 2.30. The molecule has 2 atom stereocenters. The number of carbonyl (C=O) groups is 1. The van der Waals surface area contributed by atoms with Crippen LogP contribution in [0.4, 0.5) is 0 Å². The van der Waals surface area contributed by atoms with Crippen LogP contribution in [-0.4, -0.2) is 32.5 Å². The first kappa shape index (κ1) is 21.8. The van der Waals surface area contributed by atoms with Gasteiger partial charge in [0.2, 0.25) is 5.91 Å². The third kappa shape index (κ3) is 5.08. The van der Waals surface area contributed by atoms with Crippen molar-refractivity contribution < 1.29 is 4.79 Å². The van der Waals surface area contributed by atoms with Gasteiger partial charge in [-0.15, -0.1) is 10.2 Å². The van der Waals surface area contributed by atoms with E-state index in [0.717, 1.165) is 17.1 Å². The lowest BCUT2D eigenvalue weighted by atomic mass is 10.0. The molecule has 3 aromatic carbocycles. The molecule has 1 amide bonds. The van der Waals surface area contributed by atoms with Crippen LogP contribution in [0.2, 0.25) is 0 Å². The molecule has 162 valence electrons. The van der Waals surface area contributed by atoms with Crippen molar-refractivity contribution in [3.8, 4) is 17.1 Å². The second-order valence-corrected chi connectivity index (χ2v) is 8.97. The van der Waals surface area contributed by atoms with Crippen molar-refractivity contribution in [1.82, 2.24) is 20.1 Å². The van der Waals surface area contributed by atoms with Crippen molar-refractivity contribution >= 4 is 17.7 Å². The molecule has 0 fully saturated rings. The van der Waals surface area contributed by atoms with E-state index < -0.39 is 0 Å². The number of benzene rings is 3. The van der Waals surface area contributed by atoms with E-state index in [4.69, 9.17) is 0 Å². The predicted octanol–water partition coefficient (Wildman–Crippen LogP) is 5.33. The highest BCUT2D eigenvalue weighted by Gasteiger charge is 2.22. The molecule has 0 aliphatic rings. The van der Waals surface area contributed by atoms with Gasteiger partial charge in [0.1, 0.15) is 0 Å². The number of nitrogens with zero attached hydrogens (tertiary/aromatic N) is 3. The summed E-state index contributed by atoms with van der Waals surface area (Å²) in [7, 11) is 0. The van der Waals surface area contributed by atoms with Gasteiger partial charge in [-0.3, -0.25) is 9.36 Å². The van der Waals surface area contributed by atoms with Gasteiger partial charge in [0, 0.05) is 17.8 Å². The first-order valence-corrected chi connectivity index (χ1v) is 11.6. The van der Waals surface area contributed by atoms with E-state index in [0.29, 0.717) is 11.7 Å². The number of hydrogen-bond donors (Lipinski definition) is 1. The normalized spacial score (nSPS) is 12.8. The van der Waals surface area contributed by atoms with Crippen LogP contribution in [0.1, 0.15) is 25.3 Å². The molecule has 32 heavy (non-hydrogen) atoms. The Kier molecular flexibility index (Phi) is 7.02. The molecule has 1 N–H and O–H groups in total. The van der Waals surface area contributed by atoms with Gasteiger partial charge < -0.3 is 5.32 Å². The van der Waals surface area contributed by atoms with Crippen LogP contribution in [0.3, 0.4) is 0 Å². The second kappa shape index (κ2) is 10.3. The predicted molar refractivity (Wildman–Crippen MR) is 130 cm³/mol. The monoisotopic (exact) mass is 442 g/mol. The maximum absolute atomic E-state index is 12.8. The third-order valence-corrected chi connectivity index (χ3v) is 6.32. The molecule has 0 aliphatic carbocycles. The Morgan fingerprint density at radius 1 is 0.875 bits per heavy atom. The molecule has 4 aromatic rings. The van der Waals surface area contributed by atoms with Gasteiger partial charge >= 0.3 is 0 Å². The number of para-hydroxylation sites is 1. The Balaban J connectivity index is 1.51. The van der Waals surface area contributed by atoms with Gasteiger partial charge in [0.05, 0.1) is 5.25 Å². The van der Waals surface area contributed by atoms with Crippen molar-refractivity contribution in [2.45, 2.75) is 30.2 Å². The van der Waals surface area contributed by atoms with E-state index >= 15 is 0 Å². The number of nitrogens with one attached hydrogen (secondary N) is 1. The van der Waals surface area contributed by atoms with E-state index in [2.05, 4.69) is 34.6 Å². The Morgan fingerprint density at radius 3 is 2.12 bits per heavy atom. The van der Waals surface area contributed by atoms with Gasteiger partial charge in [-0.2, -0.15) is 0 Å². The topological polar surface area (TPSA) is 59.8 Å². The fourth-order valence-electron chi connectivity index (χ4n) is 3.44.